The molecule has 0 bridgehead atoms. The fourth-order valence-electron chi connectivity index (χ4n) is 1.79. The maximum atomic E-state index is 4.39. The molecule has 3 nitrogen and oxygen atoms in total. The van der Waals surface area contributed by atoms with Gasteiger partial charge in [-0.25, -0.2) is 0 Å². The van der Waals surface area contributed by atoms with Crippen LogP contribution in [-0.2, 0) is 6.54 Å². The van der Waals surface area contributed by atoms with Crippen LogP contribution in [0.1, 0.15) is 12.1 Å². The first-order chi connectivity index (χ1) is 7.34. The summed E-state index contributed by atoms with van der Waals surface area (Å²) in [7, 11) is 0. The largest absolute Gasteiger partial charge is 0.315 e. The van der Waals surface area contributed by atoms with Crippen LogP contribution in [0.3, 0.4) is 0 Å². The topological polar surface area (TPSA) is 28.2 Å². The SMILES string of the molecule is Brc1ccc(CN2CCCNCC2)nc1.Cl. The number of pyridine rings is 1. The van der Waals surface area contributed by atoms with E-state index < -0.39 is 0 Å². The van der Waals surface area contributed by atoms with Gasteiger partial charge in [-0.2, -0.15) is 0 Å². The Morgan fingerprint density at radius 2 is 2.19 bits per heavy atom. The van der Waals surface area contributed by atoms with E-state index in [0.717, 1.165) is 36.3 Å². The second kappa shape index (κ2) is 7.22. The van der Waals surface area contributed by atoms with Crippen LogP contribution in [0.2, 0.25) is 0 Å². The summed E-state index contributed by atoms with van der Waals surface area (Å²) < 4.78 is 1.05. The molecule has 90 valence electrons. The van der Waals surface area contributed by atoms with Crippen LogP contribution < -0.4 is 5.32 Å². The first-order valence-corrected chi connectivity index (χ1v) is 6.17. The summed E-state index contributed by atoms with van der Waals surface area (Å²) in [5.74, 6) is 0. The number of nitrogens with one attached hydrogen (secondary N) is 1. The van der Waals surface area contributed by atoms with Gasteiger partial charge in [-0.15, -0.1) is 12.4 Å². The number of nitrogens with zero attached hydrogens (tertiary/aromatic N) is 2. The van der Waals surface area contributed by atoms with Crippen molar-refractivity contribution >= 4 is 28.3 Å². The average Bonchev–Trinajstić information content (AvgIpc) is 2.50. The molecule has 5 heteroatoms. The van der Waals surface area contributed by atoms with E-state index in [0.29, 0.717) is 0 Å². The molecule has 0 aliphatic carbocycles. The zero-order chi connectivity index (χ0) is 10.5. The smallest absolute Gasteiger partial charge is 0.0544 e. The van der Waals surface area contributed by atoms with Gasteiger partial charge in [0.2, 0.25) is 0 Å². The molecule has 0 spiro atoms. The zero-order valence-electron chi connectivity index (χ0n) is 9.16. The average molecular weight is 307 g/mol. The molecule has 0 unspecified atom stereocenters. The van der Waals surface area contributed by atoms with E-state index in [-0.39, 0.29) is 12.4 Å². The van der Waals surface area contributed by atoms with Gasteiger partial charge < -0.3 is 5.32 Å². The van der Waals surface area contributed by atoms with Crippen molar-refractivity contribution in [2.75, 3.05) is 26.2 Å². The molecule has 0 radical (unpaired) electrons. The molecule has 1 N–H and O–H groups in total. The predicted molar refractivity (Wildman–Crippen MR) is 71.9 cm³/mol. The van der Waals surface area contributed by atoms with E-state index in [2.05, 4.69) is 43.3 Å². The molecular weight excluding hydrogens is 289 g/mol. The summed E-state index contributed by atoms with van der Waals surface area (Å²) in [5.41, 5.74) is 1.15. The lowest BCUT2D eigenvalue weighted by atomic mass is 10.3. The molecule has 1 aromatic heterocycles. The number of rotatable bonds is 2. The number of aromatic nitrogens is 1. The summed E-state index contributed by atoms with van der Waals surface area (Å²) in [5, 5.41) is 3.40. The fourth-order valence-corrected chi connectivity index (χ4v) is 2.02. The molecule has 1 fully saturated rings. The highest BCUT2D eigenvalue weighted by molar-refractivity contribution is 9.10. The van der Waals surface area contributed by atoms with E-state index in [1.807, 2.05) is 6.20 Å². The number of halogens is 2. The van der Waals surface area contributed by atoms with Crippen molar-refractivity contribution < 1.29 is 0 Å². The van der Waals surface area contributed by atoms with Gasteiger partial charge in [0.25, 0.3) is 0 Å². The molecule has 16 heavy (non-hydrogen) atoms. The highest BCUT2D eigenvalue weighted by Crippen LogP contribution is 2.09. The molecular formula is C11H17BrClN3. The van der Waals surface area contributed by atoms with Crippen LogP contribution in [0.25, 0.3) is 0 Å². The number of hydrogen-bond acceptors (Lipinski definition) is 3. The Balaban J connectivity index is 0.00000128. The molecule has 0 amide bonds. The summed E-state index contributed by atoms with van der Waals surface area (Å²) in [6.45, 7) is 5.50. The van der Waals surface area contributed by atoms with Crippen molar-refractivity contribution in [3.8, 4) is 0 Å². The third-order valence-corrected chi connectivity index (χ3v) is 3.08. The van der Waals surface area contributed by atoms with Crippen molar-refractivity contribution in [1.29, 1.82) is 0 Å². The third kappa shape index (κ3) is 4.37. The standard InChI is InChI=1S/C11H16BrN3.ClH/c12-10-2-3-11(14-8-10)9-15-6-1-4-13-5-7-15;/h2-3,8,13H,1,4-7,9H2;1H. The predicted octanol–water partition coefficient (Wildman–Crippen LogP) is 2.06. The van der Waals surface area contributed by atoms with Crippen LogP contribution in [-0.4, -0.2) is 36.1 Å². The van der Waals surface area contributed by atoms with Crippen molar-refractivity contribution in [2.45, 2.75) is 13.0 Å². The Morgan fingerprint density at radius 1 is 1.31 bits per heavy atom. The van der Waals surface area contributed by atoms with Crippen LogP contribution in [0, 0.1) is 0 Å². The van der Waals surface area contributed by atoms with E-state index in [9.17, 15) is 0 Å². The minimum atomic E-state index is 0. The summed E-state index contributed by atoms with van der Waals surface area (Å²) in [4.78, 5) is 6.85. The Labute approximate surface area is 111 Å². The third-order valence-electron chi connectivity index (χ3n) is 2.61. The Bertz CT molecular complexity index is 297. The maximum absolute atomic E-state index is 4.39. The van der Waals surface area contributed by atoms with Gasteiger partial charge in [0.1, 0.15) is 0 Å². The van der Waals surface area contributed by atoms with Gasteiger partial charge >= 0.3 is 0 Å². The van der Waals surface area contributed by atoms with Gasteiger partial charge in [0, 0.05) is 30.3 Å². The zero-order valence-corrected chi connectivity index (χ0v) is 11.6. The van der Waals surface area contributed by atoms with Gasteiger partial charge in [-0.05, 0) is 47.6 Å². The minimum Gasteiger partial charge on any atom is -0.315 e. The van der Waals surface area contributed by atoms with Crippen molar-refractivity contribution in [3.05, 3.63) is 28.5 Å². The fraction of sp³-hybridized carbons (Fsp3) is 0.545. The normalized spacial score (nSPS) is 17.6. The Hall–Kier alpha value is -0.160. The second-order valence-corrected chi connectivity index (χ2v) is 4.76. The minimum absolute atomic E-state index is 0. The lowest BCUT2D eigenvalue weighted by Crippen LogP contribution is -2.27. The first-order valence-electron chi connectivity index (χ1n) is 5.38. The van der Waals surface area contributed by atoms with Crippen molar-refractivity contribution in [3.63, 3.8) is 0 Å². The van der Waals surface area contributed by atoms with Crippen molar-refractivity contribution in [2.24, 2.45) is 0 Å². The lowest BCUT2D eigenvalue weighted by molar-refractivity contribution is 0.281. The van der Waals surface area contributed by atoms with Crippen LogP contribution in [0.4, 0.5) is 0 Å². The molecule has 0 atom stereocenters. The van der Waals surface area contributed by atoms with Crippen LogP contribution in [0.5, 0.6) is 0 Å². The quantitative estimate of drug-likeness (QED) is 0.906. The number of hydrogen-bond donors (Lipinski definition) is 1. The highest BCUT2D eigenvalue weighted by atomic mass is 79.9. The van der Waals surface area contributed by atoms with E-state index in [4.69, 9.17) is 0 Å². The summed E-state index contributed by atoms with van der Waals surface area (Å²) in [6, 6.07) is 4.14. The summed E-state index contributed by atoms with van der Waals surface area (Å²) >= 11 is 3.40. The van der Waals surface area contributed by atoms with Crippen molar-refractivity contribution in [1.82, 2.24) is 15.2 Å². The Kier molecular flexibility index (Phi) is 6.28. The van der Waals surface area contributed by atoms with E-state index >= 15 is 0 Å². The Morgan fingerprint density at radius 3 is 2.94 bits per heavy atom. The van der Waals surface area contributed by atoms with Crippen LogP contribution in [0.15, 0.2) is 22.8 Å². The second-order valence-electron chi connectivity index (χ2n) is 3.85. The maximum Gasteiger partial charge on any atom is 0.0544 e. The molecule has 1 aliphatic rings. The molecule has 1 saturated heterocycles. The monoisotopic (exact) mass is 305 g/mol. The molecule has 1 aliphatic heterocycles. The molecule has 1 aromatic rings. The van der Waals surface area contributed by atoms with Gasteiger partial charge in [-0.1, -0.05) is 0 Å². The lowest BCUT2D eigenvalue weighted by Gasteiger charge is -2.18. The molecule has 0 saturated carbocycles. The van der Waals surface area contributed by atoms with Gasteiger partial charge in [-0.3, -0.25) is 9.88 Å². The molecule has 2 rings (SSSR count). The summed E-state index contributed by atoms with van der Waals surface area (Å²) in [6.07, 6.45) is 3.10. The van der Waals surface area contributed by atoms with Gasteiger partial charge in [0.05, 0.1) is 5.69 Å². The van der Waals surface area contributed by atoms with Gasteiger partial charge in [0.15, 0.2) is 0 Å². The highest BCUT2D eigenvalue weighted by Gasteiger charge is 2.09. The van der Waals surface area contributed by atoms with E-state index in [1.165, 1.54) is 13.0 Å². The molecule has 2 heterocycles. The molecule has 0 aromatic carbocycles. The van der Waals surface area contributed by atoms with Crippen LogP contribution >= 0.6 is 28.3 Å². The van der Waals surface area contributed by atoms with E-state index in [1.54, 1.807) is 0 Å². The first kappa shape index (κ1) is 13.9.